The first-order valence-corrected chi connectivity index (χ1v) is 11.5. The molecule has 2 atom stereocenters. The van der Waals surface area contributed by atoms with Gasteiger partial charge in [0.15, 0.2) is 6.29 Å². The Morgan fingerprint density at radius 3 is 2.37 bits per heavy atom. The third-order valence-electron chi connectivity index (χ3n) is 6.27. The summed E-state index contributed by atoms with van der Waals surface area (Å²) in [6, 6.07) is 4.02. The van der Waals surface area contributed by atoms with E-state index in [1.807, 2.05) is 0 Å². The molecule has 1 aromatic carbocycles. The number of carbonyl (C=O) groups is 1. The number of aromatic nitrogens is 2. The minimum Gasteiger partial charge on any atom is -0.381 e. The van der Waals surface area contributed by atoms with Gasteiger partial charge in [-0.15, -0.1) is 0 Å². The molecule has 1 aliphatic carbocycles. The second kappa shape index (κ2) is 10.5. The molecule has 0 spiro atoms. The molecule has 2 aliphatic heterocycles. The number of ether oxygens (including phenoxy) is 3. The molecule has 5 rings (SSSR count). The number of hydrogen-bond acceptors (Lipinski definition) is 7. The highest BCUT2D eigenvalue weighted by atomic mass is 19.4. The van der Waals surface area contributed by atoms with Crippen molar-refractivity contribution in [2.45, 2.75) is 45.7 Å². The second-order valence-electron chi connectivity index (χ2n) is 8.93. The molecule has 3 heterocycles. The Bertz CT molecular complexity index is 1070. The molecule has 1 amide bonds. The van der Waals surface area contributed by atoms with Crippen LogP contribution in [0, 0.1) is 25.7 Å². The lowest BCUT2D eigenvalue weighted by molar-refractivity contribution is -0.138. The third-order valence-corrected chi connectivity index (χ3v) is 6.27. The molecule has 2 saturated heterocycles. The number of hydrogen-bond donors (Lipinski definition) is 2. The molecule has 1 aromatic heterocycles. The smallest absolute Gasteiger partial charge is 0.381 e. The van der Waals surface area contributed by atoms with Crippen molar-refractivity contribution in [1.82, 2.24) is 9.97 Å². The standard InChI is InChI=1S/C19H21F3N4O3.C5H8O/c1-10-12(4-3-5-13(10)19(20,21)22)9-24-17-16(18-28-6-7-29-18)14(8-15(23)27)25-11(2)26-17;1-4-2-6-3-5(1)4/h3-5,18H,6-9H2,1-2H3,(H2,23,27)(H,24,25,26);4-5H,1-3H2. The van der Waals surface area contributed by atoms with Crippen LogP contribution in [0.25, 0.3) is 0 Å². The van der Waals surface area contributed by atoms with Gasteiger partial charge in [0.05, 0.1) is 36.5 Å². The molecule has 190 valence electrons. The van der Waals surface area contributed by atoms with Gasteiger partial charge in [-0.05, 0) is 49.3 Å². The van der Waals surface area contributed by atoms with Crippen LogP contribution in [0.2, 0.25) is 0 Å². The van der Waals surface area contributed by atoms with Gasteiger partial charge >= 0.3 is 6.18 Å². The van der Waals surface area contributed by atoms with Crippen LogP contribution in [0.5, 0.6) is 0 Å². The Kier molecular flexibility index (Phi) is 7.58. The molecule has 0 bridgehead atoms. The van der Waals surface area contributed by atoms with Gasteiger partial charge in [-0.3, -0.25) is 4.79 Å². The number of benzene rings is 1. The van der Waals surface area contributed by atoms with Crippen molar-refractivity contribution in [1.29, 1.82) is 0 Å². The number of halogens is 3. The minimum atomic E-state index is -4.43. The number of alkyl halides is 3. The van der Waals surface area contributed by atoms with Gasteiger partial charge < -0.3 is 25.3 Å². The Hall–Kier alpha value is -2.76. The van der Waals surface area contributed by atoms with Crippen LogP contribution in [-0.4, -0.2) is 42.3 Å². The van der Waals surface area contributed by atoms with E-state index in [0.29, 0.717) is 41.7 Å². The summed E-state index contributed by atoms with van der Waals surface area (Å²) in [7, 11) is 0. The van der Waals surface area contributed by atoms with Crippen LogP contribution >= 0.6 is 0 Å². The minimum absolute atomic E-state index is 0.0853. The van der Waals surface area contributed by atoms with Gasteiger partial charge in [-0.2, -0.15) is 13.2 Å². The quantitative estimate of drug-likeness (QED) is 0.633. The zero-order valence-electron chi connectivity index (χ0n) is 19.7. The number of primary amides is 1. The largest absolute Gasteiger partial charge is 0.416 e. The SMILES string of the molecule is C1OCC2CC12.Cc1nc(CC(N)=O)c(C2OCCO2)c(NCc2cccc(C(F)(F)F)c2C)n1. The fourth-order valence-corrected chi connectivity index (χ4v) is 4.30. The van der Waals surface area contributed by atoms with Crippen molar-refractivity contribution in [3.63, 3.8) is 0 Å². The number of amides is 1. The van der Waals surface area contributed by atoms with Crippen molar-refractivity contribution >= 4 is 11.7 Å². The average molecular weight is 495 g/mol. The van der Waals surface area contributed by atoms with Gasteiger partial charge in [-0.1, -0.05) is 12.1 Å². The molecule has 2 unspecified atom stereocenters. The normalized spacial score (nSPS) is 21.3. The predicted molar refractivity (Wildman–Crippen MR) is 120 cm³/mol. The van der Waals surface area contributed by atoms with E-state index < -0.39 is 23.9 Å². The van der Waals surface area contributed by atoms with E-state index in [4.69, 9.17) is 19.9 Å². The first kappa shape index (κ1) is 25.3. The van der Waals surface area contributed by atoms with E-state index in [9.17, 15) is 18.0 Å². The second-order valence-corrected chi connectivity index (χ2v) is 8.93. The van der Waals surface area contributed by atoms with E-state index in [1.165, 1.54) is 19.4 Å². The first-order valence-electron chi connectivity index (χ1n) is 11.5. The zero-order valence-corrected chi connectivity index (χ0v) is 19.7. The fourth-order valence-electron chi connectivity index (χ4n) is 4.30. The lowest BCUT2D eigenvalue weighted by Crippen LogP contribution is -2.20. The molecule has 3 fully saturated rings. The van der Waals surface area contributed by atoms with Gasteiger partial charge in [0.1, 0.15) is 11.6 Å². The number of rotatable bonds is 6. The molecule has 8 nitrogen and oxygen atoms in total. The summed E-state index contributed by atoms with van der Waals surface area (Å²) < 4.78 is 55.7. The number of nitrogens with zero attached hydrogens (tertiary/aromatic N) is 2. The maximum Gasteiger partial charge on any atom is 0.416 e. The summed E-state index contributed by atoms with van der Waals surface area (Å²) in [5, 5.41) is 3.05. The Balaban J connectivity index is 0.000000411. The van der Waals surface area contributed by atoms with Crippen molar-refractivity contribution in [2.75, 3.05) is 31.7 Å². The maximum atomic E-state index is 13.2. The fraction of sp³-hybridized carbons (Fsp3) is 0.542. The van der Waals surface area contributed by atoms with Gasteiger partial charge in [-0.25, -0.2) is 9.97 Å². The summed E-state index contributed by atoms with van der Waals surface area (Å²) in [6.07, 6.45) is -3.90. The van der Waals surface area contributed by atoms with E-state index in [2.05, 4.69) is 15.3 Å². The number of aryl methyl sites for hydroxylation is 1. The van der Waals surface area contributed by atoms with Gasteiger partial charge in [0.25, 0.3) is 0 Å². The monoisotopic (exact) mass is 494 g/mol. The van der Waals surface area contributed by atoms with E-state index in [1.54, 1.807) is 13.0 Å². The lowest BCUT2D eigenvalue weighted by atomic mass is 10.0. The topological polar surface area (TPSA) is 109 Å². The molecular weight excluding hydrogens is 465 g/mol. The van der Waals surface area contributed by atoms with Crippen LogP contribution in [-0.2, 0) is 38.1 Å². The number of anilines is 1. The van der Waals surface area contributed by atoms with Crippen LogP contribution in [0.3, 0.4) is 0 Å². The Labute approximate surface area is 201 Å². The summed E-state index contributed by atoms with van der Waals surface area (Å²) in [5.74, 6) is 2.11. The van der Waals surface area contributed by atoms with E-state index in [-0.39, 0.29) is 18.5 Å². The number of nitrogens with two attached hydrogens (primary N) is 1. The Morgan fingerprint density at radius 1 is 1.14 bits per heavy atom. The average Bonchev–Trinajstić information content (AvgIpc) is 3.14. The number of nitrogens with one attached hydrogen (secondary N) is 1. The highest BCUT2D eigenvalue weighted by molar-refractivity contribution is 5.77. The summed E-state index contributed by atoms with van der Waals surface area (Å²) in [5.41, 5.74) is 6.02. The zero-order chi connectivity index (χ0) is 25.2. The molecule has 3 N–H and O–H groups in total. The van der Waals surface area contributed by atoms with Crippen LogP contribution in [0.1, 0.15) is 46.5 Å². The molecule has 11 heteroatoms. The highest BCUT2D eigenvalue weighted by Gasteiger charge is 2.41. The molecule has 3 aliphatic rings. The van der Waals surface area contributed by atoms with E-state index in [0.717, 1.165) is 31.1 Å². The summed E-state index contributed by atoms with van der Waals surface area (Å²) >= 11 is 0. The number of fused-ring (bicyclic) bond motifs is 1. The van der Waals surface area contributed by atoms with Crippen LogP contribution in [0.15, 0.2) is 18.2 Å². The van der Waals surface area contributed by atoms with Crippen molar-refractivity contribution < 1.29 is 32.2 Å². The van der Waals surface area contributed by atoms with Gasteiger partial charge in [0.2, 0.25) is 5.91 Å². The number of carbonyl (C=O) groups excluding carboxylic acids is 1. The van der Waals surface area contributed by atoms with Crippen LogP contribution < -0.4 is 11.1 Å². The molecule has 1 saturated carbocycles. The predicted octanol–water partition coefficient (Wildman–Crippen LogP) is 3.45. The molecular formula is C24H29F3N4O4. The highest BCUT2D eigenvalue weighted by Crippen LogP contribution is 2.43. The van der Waals surface area contributed by atoms with Crippen LogP contribution in [0.4, 0.5) is 19.0 Å². The van der Waals surface area contributed by atoms with Crippen molar-refractivity contribution in [3.05, 3.63) is 52.0 Å². The lowest BCUT2D eigenvalue weighted by Gasteiger charge is -2.20. The molecule has 35 heavy (non-hydrogen) atoms. The molecule has 2 aromatic rings. The Morgan fingerprint density at radius 2 is 1.83 bits per heavy atom. The van der Waals surface area contributed by atoms with Gasteiger partial charge in [0, 0.05) is 19.8 Å². The van der Waals surface area contributed by atoms with Crippen molar-refractivity contribution in [2.24, 2.45) is 17.6 Å². The summed E-state index contributed by atoms with van der Waals surface area (Å²) in [4.78, 5) is 20.1. The van der Waals surface area contributed by atoms with E-state index >= 15 is 0 Å². The summed E-state index contributed by atoms with van der Waals surface area (Å²) in [6.45, 7) is 6.00. The maximum absolute atomic E-state index is 13.2. The van der Waals surface area contributed by atoms with Crippen molar-refractivity contribution in [3.8, 4) is 0 Å². The first-order chi connectivity index (χ1) is 16.6. The molecule has 0 radical (unpaired) electrons. The third kappa shape index (κ3) is 6.28.